The summed E-state index contributed by atoms with van der Waals surface area (Å²) in [5.74, 6) is 0.0755. The van der Waals surface area contributed by atoms with Crippen molar-refractivity contribution >= 4 is 15.8 Å². The van der Waals surface area contributed by atoms with Gasteiger partial charge in [0.05, 0.1) is 18.6 Å². The Balaban J connectivity index is 2.75. The van der Waals surface area contributed by atoms with Gasteiger partial charge in [-0.25, -0.2) is 8.42 Å². The molecule has 0 amide bonds. The third kappa shape index (κ3) is 2.71. The molecule has 0 aliphatic heterocycles. The Labute approximate surface area is 76.2 Å². The van der Waals surface area contributed by atoms with Gasteiger partial charge in [-0.05, 0) is 0 Å². The van der Waals surface area contributed by atoms with Crippen LogP contribution in [0.5, 0.6) is 0 Å². The first-order chi connectivity index (χ1) is 6.05. The van der Waals surface area contributed by atoms with Gasteiger partial charge in [0, 0.05) is 13.1 Å². The molecule has 0 unspecified atom stereocenters. The lowest BCUT2D eigenvalue weighted by molar-refractivity contribution is 0.320. The van der Waals surface area contributed by atoms with E-state index in [9.17, 15) is 8.42 Å². The monoisotopic (exact) mass is 205 g/mol. The lowest BCUT2D eigenvalue weighted by Gasteiger charge is -2.05. The minimum Gasteiger partial charge on any atom is -0.395 e. The van der Waals surface area contributed by atoms with Crippen LogP contribution in [0, 0.1) is 0 Å². The molecule has 0 aliphatic carbocycles. The van der Waals surface area contributed by atoms with Crippen molar-refractivity contribution in [2.24, 2.45) is 7.05 Å². The van der Waals surface area contributed by atoms with E-state index >= 15 is 0 Å². The number of aliphatic hydroxyl groups excluding tert-OH is 1. The average Bonchev–Trinajstić information content (AvgIpc) is 2.35. The Hall–Kier alpha value is -1.08. The van der Waals surface area contributed by atoms with Crippen LogP contribution in [0.25, 0.3) is 0 Å². The average molecular weight is 205 g/mol. The molecule has 0 radical (unpaired) electrons. The van der Waals surface area contributed by atoms with Crippen LogP contribution < -0.4 is 4.72 Å². The van der Waals surface area contributed by atoms with Crippen LogP contribution in [0.1, 0.15) is 0 Å². The van der Waals surface area contributed by atoms with Crippen LogP contribution in [0.15, 0.2) is 12.3 Å². The van der Waals surface area contributed by atoms with Crippen molar-refractivity contribution in [1.82, 2.24) is 9.78 Å². The summed E-state index contributed by atoms with van der Waals surface area (Å²) in [7, 11) is -1.82. The minimum atomic E-state index is -3.44. The molecule has 1 heterocycles. The fraction of sp³-hybridized carbons (Fsp3) is 0.500. The van der Waals surface area contributed by atoms with Crippen molar-refractivity contribution < 1.29 is 13.5 Å². The molecular formula is C6H11N3O3S. The molecule has 74 valence electrons. The fourth-order valence-corrected chi connectivity index (χ4v) is 1.67. The fourth-order valence-electron chi connectivity index (χ4n) is 0.805. The third-order valence-electron chi connectivity index (χ3n) is 1.44. The number of aryl methyl sites for hydroxylation is 1. The zero-order valence-corrected chi connectivity index (χ0v) is 7.95. The van der Waals surface area contributed by atoms with Gasteiger partial charge in [0.2, 0.25) is 10.0 Å². The second-order valence-corrected chi connectivity index (χ2v) is 4.33. The van der Waals surface area contributed by atoms with Crippen molar-refractivity contribution in [3.8, 4) is 0 Å². The van der Waals surface area contributed by atoms with Crippen LogP contribution in [0.4, 0.5) is 5.82 Å². The second-order valence-electron chi connectivity index (χ2n) is 2.48. The molecule has 0 atom stereocenters. The number of hydrogen-bond acceptors (Lipinski definition) is 4. The lowest BCUT2D eigenvalue weighted by atomic mass is 10.7. The molecule has 13 heavy (non-hydrogen) atoms. The molecule has 0 bridgehead atoms. The highest BCUT2D eigenvalue weighted by atomic mass is 32.2. The molecule has 0 spiro atoms. The molecule has 1 rings (SSSR count). The second kappa shape index (κ2) is 3.75. The van der Waals surface area contributed by atoms with Gasteiger partial charge in [0.15, 0.2) is 0 Å². The Morgan fingerprint density at radius 1 is 1.69 bits per heavy atom. The van der Waals surface area contributed by atoms with E-state index in [1.165, 1.54) is 16.9 Å². The molecule has 6 nitrogen and oxygen atoms in total. The van der Waals surface area contributed by atoms with E-state index < -0.39 is 16.6 Å². The molecule has 0 saturated carbocycles. The minimum absolute atomic E-state index is 0.307. The van der Waals surface area contributed by atoms with Gasteiger partial charge in [-0.2, -0.15) is 5.10 Å². The van der Waals surface area contributed by atoms with Crippen LogP contribution in [0.2, 0.25) is 0 Å². The molecule has 0 aliphatic rings. The summed E-state index contributed by atoms with van der Waals surface area (Å²) in [5, 5.41) is 12.2. The third-order valence-corrected chi connectivity index (χ3v) is 2.68. The maximum absolute atomic E-state index is 11.1. The maximum Gasteiger partial charge on any atom is 0.236 e. The summed E-state index contributed by atoms with van der Waals surface area (Å²) >= 11 is 0. The highest BCUT2D eigenvalue weighted by Gasteiger charge is 2.10. The first-order valence-electron chi connectivity index (χ1n) is 3.64. The Bertz CT molecular complexity index is 370. The summed E-state index contributed by atoms with van der Waals surface area (Å²) in [6, 6.07) is 1.54. The number of hydrogen-bond donors (Lipinski definition) is 2. The number of aliphatic hydroxyl groups is 1. The Morgan fingerprint density at radius 2 is 2.38 bits per heavy atom. The highest BCUT2D eigenvalue weighted by Crippen LogP contribution is 2.05. The van der Waals surface area contributed by atoms with Gasteiger partial charge in [0.25, 0.3) is 0 Å². The molecule has 2 N–H and O–H groups in total. The zero-order valence-electron chi connectivity index (χ0n) is 7.14. The molecule has 0 aromatic carbocycles. The molecule has 1 aromatic rings. The summed E-state index contributed by atoms with van der Waals surface area (Å²) in [6.45, 7) is -0.396. The normalized spacial score (nSPS) is 11.5. The van der Waals surface area contributed by atoms with Crippen molar-refractivity contribution in [3.63, 3.8) is 0 Å². The number of nitrogens with one attached hydrogen (secondary N) is 1. The Morgan fingerprint density at radius 3 is 2.85 bits per heavy atom. The van der Waals surface area contributed by atoms with Crippen molar-refractivity contribution in [3.05, 3.63) is 12.3 Å². The van der Waals surface area contributed by atoms with E-state index in [2.05, 4.69) is 9.82 Å². The summed E-state index contributed by atoms with van der Waals surface area (Å²) in [5.41, 5.74) is 0. The molecule has 7 heteroatoms. The summed E-state index contributed by atoms with van der Waals surface area (Å²) < 4.78 is 26.0. The van der Waals surface area contributed by atoms with Crippen molar-refractivity contribution in [1.29, 1.82) is 0 Å². The maximum atomic E-state index is 11.1. The largest absolute Gasteiger partial charge is 0.395 e. The highest BCUT2D eigenvalue weighted by molar-refractivity contribution is 7.92. The van der Waals surface area contributed by atoms with E-state index in [0.29, 0.717) is 5.82 Å². The first-order valence-corrected chi connectivity index (χ1v) is 5.30. The van der Waals surface area contributed by atoms with E-state index in [4.69, 9.17) is 5.11 Å². The van der Waals surface area contributed by atoms with Crippen molar-refractivity contribution in [2.45, 2.75) is 0 Å². The molecule has 1 aromatic heterocycles. The zero-order chi connectivity index (χ0) is 9.90. The quantitative estimate of drug-likeness (QED) is 0.671. The van der Waals surface area contributed by atoms with E-state index in [-0.39, 0.29) is 5.75 Å². The number of anilines is 1. The van der Waals surface area contributed by atoms with E-state index in [0.717, 1.165) is 0 Å². The number of sulfonamides is 1. The standard InChI is InChI=1S/C6H11N3O3S/c1-9-6(2-3-7-9)8-13(11,12)5-4-10/h2-3,8,10H,4-5H2,1H3. The topological polar surface area (TPSA) is 84.2 Å². The SMILES string of the molecule is Cn1nccc1NS(=O)(=O)CCO. The molecular weight excluding hydrogens is 194 g/mol. The van der Waals surface area contributed by atoms with Gasteiger partial charge >= 0.3 is 0 Å². The van der Waals surface area contributed by atoms with Crippen LogP contribution in [0.3, 0.4) is 0 Å². The van der Waals surface area contributed by atoms with Crippen LogP contribution in [-0.4, -0.2) is 35.7 Å². The van der Waals surface area contributed by atoms with Gasteiger partial charge in [-0.1, -0.05) is 0 Å². The molecule has 0 saturated heterocycles. The number of rotatable bonds is 4. The van der Waals surface area contributed by atoms with Crippen molar-refractivity contribution in [2.75, 3.05) is 17.1 Å². The number of nitrogens with zero attached hydrogens (tertiary/aromatic N) is 2. The van der Waals surface area contributed by atoms with Crippen LogP contribution >= 0.6 is 0 Å². The van der Waals surface area contributed by atoms with Gasteiger partial charge in [-0.15, -0.1) is 0 Å². The van der Waals surface area contributed by atoms with Gasteiger partial charge in [-0.3, -0.25) is 9.40 Å². The lowest BCUT2D eigenvalue weighted by Crippen LogP contribution is -2.20. The first kappa shape index (κ1) is 10.0. The Kier molecular flexibility index (Phi) is 2.89. The molecule has 0 fully saturated rings. The smallest absolute Gasteiger partial charge is 0.236 e. The summed E-state index contributed by atoms with van der Waals surface area (Å²) in [6.07, 6.45) is 1.48. The van der Waals surface area contributed by atoms with E-state index in [1.54, 1.807) is 7.05 Å². The van der Waals surface area contributed by atoms with E-state index in [1.807, 2.05) is 0 Å². The van der Waals surface area contributed by atoms with Crippen LogP contribution in [-0.2, 0) is 17.1 Å². The van der Waals surface area contributed by atoms with Gasteiger partial charge < -0.3 is 5.11 Å². The predicted molar refractivity (Wildman–Crippen MR) is 47.7 cm³/mol. The number of aromatic nitrogens is 2. The predicted octanol–water partition coefficient (Wildman–Crippen LogP) is -0.846. The summed E-state index contributed by atoms with van der Waals surface area (Å²) in [4.78, 5) is 0. The van der Waals surface area contributed by atoms with Gasteiger partial charge in [0.1, 0.15) is 5.82 Å².